The summed E-state index contributed by atoms with van der Waals surface area (Å²) in [6.45, 7) is 0. The summed E-state index contributed by atoms with van der Waals surface area (Å²) in [5, 5.41) is 9.47. The van der Waals surface area contributed by atoms with E-state index in [2.05, 4.69) is 16.7 Å². The molecule has 1 aliphatic carbocycles. The lowest BCUT2D eigenvalue weighted by Crippen LogP contribution is -2.02. The molecular formula is C17H16N2O. The van der Waals surface area contributed by atoms with Crippen molar-refractivity contribution in [2.75, 3.05) is 0 Å². The number of hydrogen-bond donors (Lipinski definition) is 1. The average molecular weight is 264 g/mol. The Morgan fingerprint density at radius 2 is 1.80 bits per heavy atom. The molecule has 1 heterocycles. The van der Waals surface area contributed by atoms with Crippen molar-refractivity contribution < 1.29 is 5.11 Å². The van der Waals surface area contributed by atoms with Gasteiger partial charge < -0.3 is 5.11 Å². The number of rotatable bonds is 3. The Bertz CT molecular complexity index is 754. The molecule has 1 aromatic heterocycles. The van der Waals surface area contributed by atoms with Crippen LogP contribution in [0.15, 0.2) is 48.5 Å². The molecule has 0 radical (unpaired) electrons. The van der Waals surface area contributed by atoms with E-state index in [1.54, 1.807) is 12.1 Å². The highest BCUT2D eigenvalue weighted by atomic mass is 16.3. The lowest BCUT2D eigenvalue weighted by molar-refractivity contribution is 0.475. The van der Waals surface area contributed by atoms with Crippen LogP contribution in [0.25, 0.3) is 16.7 Å². The van der Waals surface area contributed by atoms with Gasteiger partial charge in [-0.25, -0.2) is 4.98 Å². The molecule has 3 nitrogen and oxygen atoms in total. The summed E-state index contributed by atoms with van der Waals surface area (Å²) < 4.78 is 2.22. The van der Waals surface area contributed by atoms with Crippen LogP contribution in [0.2, 0.25) is 0 Å². The molecule has 0 saturated heterocycles. The molecule has 0 atom stereocenters. The zero-order chi connectivity index (χ0) is 13.5. The number of phenols is 1. The standard InChI is InChI=1S/C17H16N2O/c20-14-9-7-13(8-10-14)19-16-4-2-1-3-15(16)18-17(19)11-12-5-6-12/h1-4,7-10,12,20H,5-6,11H2. The highest BCUT2D eigenvalue weighted by Crippen LogP contribution is 2.34. The van der Waals surface area contributed by atoms with Gasteiger partial charge in [0.25, 0.3) is 0 Å². The van der Waals surface area contributed by atoms with Crippen molar-refractivity contribution in [2.45, 2.75) is 19.3 Å². The van der Waals surface area contributed by atoms with Gasteiger partial charge >= 0.3 is 0 Å². The molecule has 0 amide bonds. The van der Waals surface area contributed by atoms with E-state index in [-0.39, 0.29) is 0 Å². The van der Waals surface area contributed by atoms with E-state index in [1.807, 2.05) is 24.3 Å². The summed E-state index contributed by atoms with van der Waals surface area (Å²) in [7, 11) is 0. The Morgan fingerprint density at radius 3 is 2.55 bits per heavy atom. The summed E-state index contributed by atoms with van der Waals surface area (Å²) in [5.41, 5.74) is 3.23. The van der Waals surface area contributed by atoms with Crippen molar-refractivity contribution >= 4 is 11.0 Å². The molecule has 1 N–H and O–H groups in total. The second-order valence-corrected chi connectivity index (χ2v) is 5.52. The smallest absolute Gasteiger partial charge is 0.115 e. The predicted octanol–water partition coefficient (Wildman–Crippen LogP) is 3.68. The number of imidazole rings is 1. The van der Waals surface area contributed by atoms with Crippen LogP contribution >= 0.6 is 0 Å². The van der Waals surface area contributed by atoms with E-state index >= 15 is 0 Å². The van der Waals surface area contributed by atoms with Crippen molar-refractivity contribution in [1.29, 1.82) is 0 Å². The Morgan fingerprint density at radius 1 is 1.05 bits per heavy atom. The van der Waals surface area contributed by atoms with E-state index in [0.29, 0.717) is 5.75 Å². The molecule has 3 aromatic rings. The number of para-hydroxylation sites is 2. The number of benzene rings is 2. The fourth-order valence-electron chi connectivity index (χ4n) is 2.68. The summed E-state index contributed by atoms with van der Waals surface area (Å²) in [5.74, 6) is 2.21. The Hall–Kier alpha value is -2.29. The van der Waals surface area contributed by atoms with Crippen LogP contribution in [0.3, 0.4) is 0 Å². The molecule has 0 spiro atoms. The van der Waals surface area contributed by atoms with Crippen LogP contribution in [-0.2, 0) is 6.42 Å². The minimum absolute atomic E-state index is 0.293. The number of nitrogens with zero attached hydrogens (tertiary/aromatic N) is 2. The van der Waals surface area contributed by atoms with Gasteiger partial charge in [0.15, 0.2) is 0 Å². The molecule has 1 aliphatic rings. The second kappa shape index (κ2) is 4.37. The van der Waals surface area contributed by atoms with E-state index in [4.69, 9.17) is 4.98 Å². The highest BCUT2D eigenvalue weighted by Gasteiger charge is 2.25. The van der Waals surface area contributed by atoms with Crippen molar-refractivity contribution in [3.63, 3.8) is 0 Å². The zero-order valence-electron chi connectivity index (χ0n) is 11.2. The summed E-state index contributed by atoms with van der Waals surface area (Å²) >= 11 is 0. The van der Waals surface area contributed by atoms with Gasteiger partial charge in [-0.2, -0.15) is 0 Å². The number of fused-ring (bicyclic) bond motifs is 1. The van der Waals surface area contributed by atoms with E-state index in [9.17, 15) is 5.11 Å². The van der Waals surface area contributed by atoms with E-state index in [1.165, 1.54) is 12.8 Å². The highest BCUT2D eigenvalue weighted by molar-refractivity contribution is 5.78. The molecule has 3 heteroatoms. The lowest BCUT2D eigenvalue weighted by Gasteiger charge is -2.09. The molecule has 4 rings (SSSR count). The van der Waals surface area contributed by atoms with Gasteiger partial charge in [0.1, 0.15) is 11.6 Å². The van der Waals surface area contributed by atoms with Crippen LogP contribution < -0.4 is 0 Å². The quantitative estimate of drug-likeness (QED) is 0.783. The minimum Gasteiger partial charge on any atom is -0.508 e. The van der Waals surface area contributed by atoms with Gasteiger partial charge in [-0.15, -0.1) is 0 Å². The fourth-order valence-corrected chi connectivity index (χ4v) is 2.68. The van der Waals surface area contributed by atoms with Gasteiger partial charge in [0.05, 0.1) is 11.0 Å². The molecule has 100 valence electrons. The SMILES string of the molecule is Oc1ccc(-n2c(CC3CC3)nc3ccccc32)cc1. The third-order valence-corrected chi connectivity index (χ3v) is 3.91. The maximum absolute atomic E-state index is 9.47. The Labute approximate surface area is 117 Å². The van der Waals surface area contributed by atoms with Gasteiger partial charge in [0, 0.05) is 12.1 Å². The molecular weight excluding hydrogens is 248 g/mol. The first-order valence-electron chi connectivity index (χ1n) is 7.07. The van der Waals surface area contributed by atoms with Crippen molar-refractivity contribution in [3.8, 4) is 11.4 Å². The fraction of sp³-hybridized carbons (Fsp3) is 0.235. The van der Waals surface area contributed by atoms with Crippen molar-refractivity contribution in [3.05, 3.63) is 54.4 Å². The molecule has 0 bridgehead atoms. The number of hydrogen-bond acceptors (Lipinski definition) is 2. The monoisotopic (exact) mass is 264 g/mol. The van der Waals surface area contributed by atoms with Crippen molar-refractivity contribution in [1.82, 2.24) is 9.55 Å². The molecule has 0 aliphatic heterocycles. The summed E-state index contributed by atoms with van der Waals surface area (Å²) in [6.07, 6.45) is 3.67. The first-order chi connectivity index (χ1) is 9.81. The minimum atomic E-state index is 0.293. The van der Waals surface area contributed by atoms with Crippen molar-refractivity contribution in [2.24, 2.45) is 5.92 Å². The Balaban J connectivity index is 1.91. The topological polar surface area (TPSA) is 38.0 Å². The van der Waals surface area contributed by atoms with Crippen LogP contribution in [0.4, 0.5) is 0 Å². The lowest BCUT2D eigenvalue weighted by atomic mass is 10.2. The molecule has 0 unspecified atom stereocenters. The third kappa shape index (κ3) is 1.95. The molecule has 1 fully saturated rings. The first-order valence-corrected chi connectivity index (χ1v) is 7.07. The third-order valence-electron chi connectivity index (χ3n) is 3.91. The summed E-state index contributed by atoms with van der Waals surface area (Å²) in [6, 6.07) is 15.6. The maximum atomic E-state index is 9.47. The number of aromatic nitrogens is 2. The number of phenolic OH excluding ortho intramolecular Hbond substituents is 1. The van der Waals surface area contributed by atoms with Crippen LogP contribution in [-0.4, -0.2) is 14.7 Å². The molecule has 2 aromatic carbocycles. The first kappa shape index (κ1) is 11.5. The summed E-state index contributed by atoms with van der Waals surface area (Å²) in [4.78, 5) is 4.79. The predicted molar refractivity (Wildman–Crippen MR) is 79.2 cm³/mol. The van der Waals surface area contributed by atoms with E-state index < -0.39 is 0 Å². The van der Waals surface area contributed by atoms with Gasteiger partial charge in [-0.1, -0.05) is 12.1 Å². The normalized spacial score (nSPS) is 14.8. The average Bonchev–Trinajstić information content (AvgIpc) is 3.19. The maximum Gasteiger partial charge on any atom is 0.115 e. The van der Waals surface area contributed by atoms with E-state index in [0.717, 1.165) is 34.9 Å². The van der Waals surface area contributed by atoms with Crippen LogP contribution in [0, 0.1) is 5.92 Å². The van der Waals surface area contributed by atoms with Crippen LogP contribution in [0.1, 0.15) is 18.7 Å². The largest absolute Gasteiger partial charge is 0.508 e. The van der Waals surface area contributed by atoms with Crippen LogP contribution in [0.5, 0.6) is 5.75 Å². The molecule has 1 saturated carbocycles. The zero-order valence-corrected chi connectivity index (χ0v) is 11.2. The molecule has 20 heavy (non-hydrogen) atoms. The van der Waals surface area contributed by atoms with Gasteiger partial charge in [0.2, 0.25) is 0 Å². The van der Waals surface area contributed by atoms with Gasteiger partial charge in [-0.3, -0.25) is 4.57 Å². The second-order valence-electron chi connectivity index (χ2n) is 5.52. The number of aromatic hydroxyl groups is 1. The Kier molecular flexibility index (Phi) is 2.52. The van der Waals surface area contributed by atoms with Gasteiger partial charge in [-0.05, 0) is 55.2 Å².